The first-order valence-electron chi connectivity index (χ1n) is 4.53. The molecule has 0 atom stereocenters. The lowest BCUT2D eigenvalue weighted by Crippen LogP contribution is -2.56. The van der Waals surface area contributed by atoms with Gasteiger partial charge in [0.2, 0.25) is 0 Å². The molecule has 90 valence electrons. The average molecular weight is 254 g/mol. The third-order valence-corrected chi connectivity index (χ3v) is 2.56. The molecule has 0 bridgehead atoms. The number of halogens is 4. The minimum atomic E-state index is -4.36. The van der Waals surface area contributed by atoms with Crippen LogP contribution in [-0.2, 0) is 11.8 Å². The number of hydrogen-bond acceptors (Lipinski definition) is 2. The van der Waals surface area contributed by atoms with Crippen molar-refractivity contribution in [2.45, 2.75) is 11.8 Å². The Balaban J connectivity index is 0.00000128. The van der Waals surface area contributed by atoms with E-state index in [1.807, 2.05) is 0 Å². The second-order valence-corrected chi connectivity index (χ2v) is 3.71. The molecule has 0 saturated carbocycles. The number of benzene rings is 1. The number of rotatable bonds is 1. The van der Waals surface area contributed by atoms with Crippen LogP contribution in [0, 0.1) is 0 Å². The molecule has 1 fully saturated rings. The molecular weight excluding hydrogens is 243 g/mol. The minimum Gasteiger partial charge on any atom is -0.382 e. The first-order chi connectivity index (χ1) is 6.92. The fraction of sp³-hybridized carbons (Fsp3) is 0.400. The molecule has 1 aliphatic rings. The lowest BCUT2D eigenvalue weighted by molar-refractivity contribution is -0.137. The van der Waals surface area contributed by atoms with Crippen molar-refractivity contribution in [1.29, 1.82) is 0 Å². The van der Waals surface area contributed by atoms with Crippen LogP contribution in [0.15, 0.2) is 24.3 Å². The molecule has 16 heavy (non-hydrogen) atoms. The molecule has 6 heteroatoms. The van der Waals surface area contributed by atoms with Gasteiger partial charge >= 0.3 is 6.18 Å². The van der Waals surface area contributed by atoms with Gasteiger partial charge in [0.05, 0.1) is 5.56 Å². The third kappa shape index (κ3) is 2.31. The molecule has 0 radical (unpaired) electrons. The number of nitrogens with one attached hydrogen (secondary N) is 1. The van der Waals surface area contributed by atoms with E-state index in [-0.39, 0.29) is 12.4 Å². The molecule has 0 unspecified atom stereocenters. The van der Waals surface area contributed by atoms with Crippen LogP contribution in [0.1, 0.15) is 11.1 Å². The Morgan fingerprint density at radius 1 is 1.25 bits per heavy atom. The Hall–Kier alpha value is -0.780. The fourth-order valence-corrected chi connectivity index (χ4v) is 1.55. The van der Waals surface area contributed by atoms with Crippen molar-refractivity contribution >= 4 is 12.4 Å². The van der Waals surface area contributed by atoms with Crippen molar-refractivity contribution in [2.24, 2.45) is 0 Å². The van der Waals surface area contributed by atoms with Crippen molar-refractivity contribution in [3.8, 4) is 0 Å². The molecule has 2 nitrogen and oxygen atoms in total. The third-order valence-electron chi connectivity index (χ3n) is 2.56. The van der Waals surface area contributed by atoms with Crippen LogP contribution in [0.5, 0.6) is 0 Å². The molecule has 1 saturated heterocycles. The maximum Gasteiger partial charge on any atom is 0.416 e. The molecule has 2 N–H and O–H groups in total. The Labute approximate surface area is 96.9 Å². The van der Waals surface area contributed by atoms with E-state index >= 15 is 0 Å². The molecule has 1 heterocycles. The number of alkyl halides is 3. The van der Waals surface area contributed by atoms with Crippen LogP contribution in [0.2, 0.25) is 0 Å². The van der Waals surface area contributed by atoms with Crippen molar-refractivity contribution < 1.29 is 18.3 Å². The largest absolute Gasteiger partial charge is 0.416 e. The van der Waals surface area contributed by atoms with Crippen molar-refractivity contribution in [2.75, 3.05) is 13.1 Å². The molecule has 0 spiro atoms. The van der Waals surface area contributed by atoms with Gasteiger partial charge in [-0.05, 0) is 17.7 Å². The van der Waals surface area contributed by atoms with Gasteiger partial charge in [0.25, 0.3) is 0 Å². The highest BCUT2D eigenvalue weighted by molar-refractivity contribution is 5.85. The van der Waals surface area contributed by atoms with Crippen LogP contribution in [0.4, 0.5) is 13.2 Å². The van der Waals surface area contributed by atoms with Gasteiger partial charge in [-0.25, -0.2) is 0 Å². The smallest absolute Gasteiger partial charge is 0.382 e. The number of β-amino-alcohol motifs (C(OH)–C–C–N with tert-alkyl or cyclic N) is 1. The lowest BCUT2D eigenvalue weighted by Gasteiger charge is -2.38. The number of aliphatic hydroxyl groups is 1. The molecular formula is C10H11ClF3NO. The van der Waals surface area contributed by atoms with Gasteiger partial charge in [0.1, 0.15) is 5.60 Å². The van der Waals surface area contributed by atoms with Crippen molar-refractivity contribution in [1.82, 2.24) is 5.32 Å². The standard InChI is InChI=1S/C10H10F3NO.ClH/c11-10(12,13)8-3-1-2-7(4-8)9(15)5-14-6-9;/h1-4,14-15H,5-6H2;1H. The predicted molar refractivity (Wildman–Crippen MR) is 55.5 cm³/mol. The van der Waals surface area contributed by atoms with Crippen LogP contribution in [0.25, 0.3) is 0 Å². The molecule has 0 aromatic heterocycles. The fourth-order valence-electron chi connectivity index (χ4n) is 1.55. The van der Waals surface area contributed by atoms with Crippen LogP contribution < -0.4 is 5.32 Å². The van der Waals surface area contributed by atoms with Gasteiger partial charge in [-0.3, -0.25) is 0 Å². The summed E-state index contributed by atoms with van der Waals surface area (Å²) >= 11 is 0. The lowest BCUT2D eigenvalue weighted by atomic mass is 9.87. The molecule has 2 rings (SSSR count). The summed E-state index contributed by atoms with van der Waals surface area (Å²) in [5.41, 5.74) is -1.54. The quantitative estimate of drug-likeness (QED) is 0.802. The number of hydrogen-bond donors (Lipinski definition) is 2. The summed E-state index contributed by atoms with van der Waals surface area (Å²) in [5, 5.41) is 12.7. The Morgan fingerprint density at radius 2 is 1.88 bits per heavy atom. The minimum absolute atomic E-state index is 0. The van der Waals surface area contributed by atoms with Gasteiger partial charge in [0, 0.05) is 13.1 Å². The van der Waals surface area contributed by atoms with Crippen molar-refractivity contribution in [3.05, 3.63) is 35.4 Å². The van der Waals surface area contributed by atoms with E-state index in [2.05, 4.69) is 5.32 Å². The monoisotopic (exact) mass is 253 g/mol. The summed E-state index contributed by atoms with van der Waals surface area (Å²) in [6.45, 7) is 0.600. The van der Waals surface area contributed by atoms with E-state index in [4.69, 9.17) is 0 Å². The summed E-state index contributed by atoms with van der Waals surface area (Å²) in [4.78, 5) is 0. The second kappa shape index (κ2) is 4.24. The molecule has 1 aromatic rings. The SMILES string of the molecule is Cl.OC1(c2cccc(C(F)(F)F)c2)CNC1. The van der Waals surface area contributed by atoms with Crippen LogP contribution in [0.3, 0.4) is 0 Å². The first kappa shape index (κ1) is 13.3. The normalized spacial score (nSPS) is 18.5. The molecule has 0 amide bonds. The van der Waals surface area contributed by atoms with Gasteiger partial charge < -0.3 is 10.4 Å². The Bertz CT molecular complexity index is 377. The zero-order valence-corrected chi connectivity index (χ0v) is 9.03. The van der Waals surface area contributed by atoms with E-state index in [0.29, 0.717) is 18.7 Å². The molecule has 1 aromatic carbocycles. The summed E-state index contributed by atoms with van der Waals surface area (Å²) in [5.74, 6) is 0. The van der Waals surface area contributed by atoms with Crippen molar-refractivity contribution in [3.63, 3.8) is 0 Å². The topological polar surface area (TPSA) is 32.3 Å². The summed E-state index contributed by atoms with van der Waals surface area (Å²) in [6.07, 6.45) is -4.36. The van der Waals surface area contributed by atoms with E-state index in [9.17, 15) is 18.3 Å². The zero-order chi connectivity index (χ0) is 11.1. The van der Waals surface area contributed by atoms with Gasteiger partial charge in [-0.2, -0.15) is 13.2 Å². The van der Waals surface area contributed by atoms with E-state index in [1.54, 1.807) is 0 Å². The highest BCUT2D eigenvalue weighted by Gasteiger charge is 2.38. The van der Waals surface area contributed by atoms with Crippen LogP contribution >= 0.6 is 12.4 Å². The maximum absolute atomic E-state index is 12.4. The Kier molecular flexibility index (Phi) is 3.52. The van der Waals surface area contributed by atoms with E-state index in [0.717, 1.165) is 12.1 Å². The summed E-state index contributed by atoms with van der Waals surface area (Å²) in [7, 11) is 0. The van der Waals surface area contributed by atoms with Crippen LogP contribution in [-0.4, -0.2) is 18.2 Å². The van der Waals surface area contributed by atoms with Gasteiger partial charge in [-0.1, -0.05) is 12.1 Å². The zero-order valence-electron chi connectivity index (χ0n) is 8.21. The van der Waals surface area contributed by atoms with Gasteiger partial charge in [-0.15, -0.1) is 12.4 Å². The highest BCUT2D eigenvalue weighted by atomic mass is 35.5. The maximum atomic E-state index is 12.4. The first-order valence-corrected chi connectivity index (χ1v) is 4.53. The van der Waals surface area contributed by atoms with E-state index in [1.165, 1.54) is 12.1 Å². The van der Waals surface area contributed by atoms with E-state index < -0.39 is 17.3 Å². The summed E-state index contributed by atoms with van der Waals surface area (Å²) < 4.78 is 37.1. The highest BCUT2D eigenvalue weighted by Crippen LogP contribution is 2.33. The second-order valence-electron chi connectivity index (χ2n) is 3.71. The van der Waals surface area contributed by atoms with Gasteiger partial charge in [0.15, 0.2) is 0 Å². The predicted octanol–water partition coefficient (Wildman–Crippen LogP) is 1.92. The Morgan fingerprint density at radius 3 is 2.31 bits per heavy atom. The average Bonchev–Trinajstić information content (AvgIpc) is 2.13. The molecule has 1 aliphatic heterocycles. The molecule has 0 aliphatic carbocycles. The summed E-state index contributed by atoms with van der Waals surface area (Å²) in [6, 6.07) is 4.82.